The lowest BCUT2D eigenvalue weighted by Gasteiger charge is -2.13. The van der Waals surface area contributed by atoms with E-state index >= 15 is 0 Å². The number of nitrogens with zero attached hydrogens (tertiary/aromatic N) is 2. The molecular weight excluding hydrogens is 279 g/mol. The molecule has 0 aliphatic heterocycles. The fraction of sp³-hybridized carbons (Fsp3) is 0.167. The summed E-state index contributed by atoms with van der Waals surface area (Å²) in [5.41, 5.74) is 0.533. The Kier molecular flexibility index (Phi) is 3.61. The molecule has 0 radical (unpaired) electrons. The molecule has 0 saturated carbocycles. The summed E-state index contributed by atoms with van der Waals surface area (Å²) in [5.74, 6) is -0.364. The molecule has 100 valence electrons. The van der Waals surface area contributed by atoms with E-state index in [2.05, 4.69) is 15.3 Å². The molecule has 0 spiro atoms. The molecule has 0 saturated heterocycles. The number of rotatable bonds is 2. The minimum absolute atomic E-state index is 0.248. The third-order valence-corrected chi connectivity index (χ3v) is 2.56. The van der Waals surface area contributed by atoms with E-state index in [-0.39, 0.29) is 11.1 Å². The van der Waals surface area contributed by atoms with Crippen LogP contribution in [0.25, 0.3) is 0 Å². The number of hydrogen-bond acceptors (Lipinski definition) is 3. The first-order valence-electron chi connectivity index (χ1n) is 5.29. The van der Waals surface area contributed by atoms with Crippen LogP contribution >= 0.6 is 11.6 Å². The van der Waals surface area contributed by atoms with Crippen LogP contribution in [0.4, 0.5) is 24.7 Å². The van der Waals surface area contributed by atoms with Gasteiger partial charge in [-0.2, -0.15) is 18.2 Å². The van der Waals surface area contributed by atoms with Crippen molar-refractivity contribution in [1.29, 1.82) is 0 Å². The molecular formula is C12H9ClF3N3. The van der Waals surface area contributed by atoms with Crippen molar-refractivity contribution in [2.45, 2.75) is 13.1 Å². The third-order valence-electron chi connectivity index (χ3n) is 2.38. The fourth-order valence-electron chi connectivity index (χ4n) is 1.44. The summed E-state index contributed by atoms with van der Waals surface area (Å²) in [5, 5.41) is 2.34. The molecule has 1 N–H and O–H groups in total. The van der Waals surface area contributed by atoms with Gasteiger partial charge in [-0.3, -0.25) is 0 Å². The van der Waals surface area contributed by atoms with Crippen LogP contribution in [0.15, 0.2) is 30.5 Å². The van der Waals surface area contributed by atoms with Crippen LogP contribution in [0.3, 0.4) is 0 Å². The zero-order chi connectivity index (χ0) is 14.0. The zero-order valence-corrected chi connectivity index (χ0v) is 10.5. The molecule has 0 fully saturated rings. The average molecular weight is 288 g/mol. The van der Waals surface area contributed by atoms with Crippen LogP contribution in [-0.4, -0.2) is 9.97 Å². The van der Waals surface area contributed by atoms with Crippen LogP contribution in [0, 0.1) is 6.92 Å². The molecule has 0 amide bonds. The molecule has 19 heavy (non-hydrogen) atoms. The zero-order valence-electron chi connectivity index (χ0n) is 9.79. The van der Waals surface area contributed by atoms with Crippen molar-refractivity contribution in [1.82, 2.24) is 9.97 Å². The summed E-state index contributed by atoms with van der Waals surface area (Å²) < 4.78 is 38.4. The van der Waals surface area contributed by atoms with Crippen LogP contribution in [0.2, 0.25) is 5.28 Å². The van der Waals surface area contributed by atoms with E-state index in [9.17, 15) is 13.2 Å². The van der Waals surface area contributed by atoms with E-state index in [1.807, 2.05) is 6.92 Å². The van der Waals surface area contributed by atoms with Gasteiger partial charge in [-0.05, 0) is 30.7 Å². The first kappa shape index (κ1) is 13.6. The number of benzene rings is 1. The minimum Gasteiger partial charge on any atom is -0.340 e. The maximum absolute atomic E-state index is 12.8. The number of nitrogens with one attached hydrogen (secondary N) is 1. The van der Waals surface area contributed by atoms with Gasteiger partial charge in [0.15, 0.2) is 0 Å². The van der Waals surface area contributed by atoms with Gasteiger partial charge in [0.05, 0.1) is 0 Å². The highest BCUT2D eigenvalue weighted by atomic mass is 35.5. The van der Waals surface area contributed by atoms with Crippen LogP contribution in [0.5, 0.6) is 0 Å². The van der Waals surface area contributed by atoms with Crippen molar-refractivity contribution >= 4 is 23.1 Å². The van der Waals surface area contributed by atoms with Gasteiger partial charge in [0.1, 0.15) is 11.4 Å². The largest absolute Gasteiger partial charge is 0.421 e. The second-order valence-electron chi connectivity index (χ2n) is 3.89. The maximum atomic E-state index is 12.8. The highest BCUT2D eigenvalue weighted by Gasteiger charge is 2.35. The van der Waals surface area contributed by atoms with Crippen LogP contribution in [0.1, 0.15) is 11.1 Å². The van der Waals surface area contributed by atoms with Gasteiger partial charge in [-0.25, -0.2) is 4.98 Å². The van der Waals surface area contributed by atoms with Crippen molar-refractivity contribution in [2.75, 3.05) is 5.32 Å². The first-order valence-corrected chi connectivity index (χ1v) is 5.67. The SMILES string of the molecule is Cc1ccc(Nc2nc(Cl)ncc2C(F)(F)F)cc1. The fourth-order valence-corrected chi connectivity index (χ4v) is 1.57. The Labute approximate surface area is 112 Å². The number of anilines is 2. The highest BCUT2D eigenvalue weighted by Crippen LogP contribution is 2.34. The number of aromatic nitrogens is 2. The summed E-state index contributed by atoms with van der Waals surface area (Å²) >= 11 is 5.53. The molecule has 0 atom stereocenters. The van der Waals surface area contributed by atoms with Gasteiger partial charge >= 0.3 is 6.18 Å². The lowest BCUT2D eigenvalue weighted by Crippen LogP contribution is -2.11. The topological polar surface area (TPSA) is 37.8 Å². The molecule has 2 aromatic rings. The number of aryl methyl sites for hydroxylation is 1. The normalized spacial score (nSPS) is 11.4. The predicted molar refractivity (Wildman–Crippen MR) is 66.5 cm³/mol. The van der Waals surface area contributed by atoms with E-state index in [1.54, 1.807) is 24.3 Å². The molecule has 0 aliphatic carbocycles. The summed E-state index contributed by atoms with van der Waals surface area (Å²) in [4.78, 5) is 6.94. The molecule has 3 nitrogen and oxygen atoms in total. The summed E-state index contributed by atoms with van der Waals surface area (Å²) in [6, 6.07) is 6.87. The molecule has 1 aromatic heterocycles. The smallest absolute Gasteiger partial charge is 0.340 e. The third kappa shape index (κ3) is 3.35. The Balaban J connectivity index is 2.38. The van der Waals surface area contributed by atoms with Crippen LogP contribution in [-0.2, 0) is 6.18 Å². The van der Waals surface area contributed by atoms with E-state index in [0.717, 1.165) is 5.56 Å². The van der Waals surface area contributed by atoms with Gasteiger partial charge in [-0.1, -0.05) is 17.7 Å². The standard InChI is InChI=1S/C12H9ClF3N3/c1-7-2-4-8(5-3-7)18-10-9(12(14,15)16)6-17-11(13)19-10/h2-6H,1H3,(H,17,18,19). The van der Waals surface area contributed by atoms with E-state index in [1.165, 1.54) is 0 Å². The van der Waals surface area contributed by atoms with Gasteiger partial charge in [0, 0.05) is 11.9 Å². The van der Waals surface area contributed by atoms with E-state index in [4.69, 9.17) is 11.6 Å². The predicted octanol–water partition coefficient (Wildman–Crippen LogP) is 4.20. The van der Waals surface area contributed by atoms with Crippen molar-refractivity contribution in [3.05, 3.63) is 46.9 Å². The molecule has 1 aromatic carbocycles. The Hall–Kier alpha value is -1.82. The van der Waals surface area contributed by atoms with Crippen molar-refractivity contribution in [3.63, 3.8) is 0 Å². The van der Waals surface area contributed by atoms with Crippen molar-refractivity contribution in [2.24, 2.45) is 0 Å². The van der Waals surface area contributed by atoms with Gasteiger partial charge < -0.3 is 5.32 Å². The van der Waals surface area contributed by atoms with Crippen molar-refractivity contribution < 1.29 is 13.2 Å². The van der Waals surface area contributed by atoms with Crippen molar-refractivity contribution in [3.8, 4) is 0 Å². The molecule has 0 aliphatic rings. The lowest BCUT2D eigenvalue weighted by atomic mass is 10.2. The molecule has 0 unspecified atom stereocenters. The van der Waals surface area contributed by atoms with Crippen LogP contribution < -0.4 is 5.32 Å². The number of halogens is 4. The van der Waals surface area contributed by atoms with E-state index in [0.29, 0.717) is 11.9 Å². The number of alkyl halides is 3. The maximum Gasteiger partial charge on any atom is 0.421 e. The molecule has 0 bridgehead atoms. The highest BCUT2D eigenvalue weighted by molar-refractivity contribution is 6.28. The van der Waals surface area contributed by atoms with Gasteiger partial charge in [0.2, 0.25) is 5.28 Å². The van der Waals surface area contributed by atoms with E-state index < -0.39 is 11.7 Å². The summed E-state index contributed by atoms with van der Waals surface area (Å²) in [7, 11) is 0. The monoisotopic (exact) mass is 287 g/mol. The Bertz CT molecular complexity index is 582. The second-order valence-corrected chi connectivity index (χ2v) is 4.23. The Morgan fingerprint density at radius 2 is 1.79 bits per heavy atom. The first-order chi connectivity index (χ1) is 8.86. The summed E-state index contributed by atoms with van der Waals surface area (Å²) in [6.45, 7) is 1.88. The molecule has 7 heteroatoms. The molecule has 1 heterocycles. The van der Waals surface area contributed by atoms with Gasteiger partial charge in [0.25, 0.3) is 0 Å². The lowest BCUT2D eigenvalue weighted by molar-refractivity contribution is -0.137. The van der Waals surface area contributed by atoms with Gasteiger partial charge in [-0.15, -0.1) is 0 Å². The Morgan fingerprint density at radius 3 is 2.37 bits per heavy atom. The molecule has 2 rings (SSSR count). The number of hydrogen-bond donors (Lipinski definition) is 1. The average Bonchev–Trinajstić information content (AvgIpc) is 2.30. The quantitative estimate of drug-likeness (QED) is 0.841. The summed E-state index contributed by atoms with van der Waals surface area (Å²) in [6.07, 6.45) is -3.89. The Morgan fingerprint density at radius 1 is 1.16 bits per heavy atom. The minimum atomic E-state index is -4.54. The second kappa shape index (κ2) is 5.05.